The number of hydrogen-bond acceptors (Lipinski definition) is 3. The average Bonchev–Trinajstić information content (AvgIpc) is 3.27. The number of rotatable bonds is 6. The summed E-state index contributed by atoms with van der Waals surface area (Å²) in [5.74, 6) is -0.728. The van der Waals surface area contributed by atoms with Crippen molar-refractivity contribution >= 4 is 17.0 Å². The SMILES string of the molecule is O=C(CCCn1c(=O)oc2ccccc21)NC1(c2ccc(F)cc2)CCCC1. The molecule has 0 saturated heterocycles. The lowest BCUT2D eigenvalue weighted by molar-refractivity contribution is -0.123. The zero-order valence-corrected chi connectivity index (χ0v) is 15.6. The monoisotopic (exact) mass is 382 g/mol. The molecule has 6 heteroatoms. The van der Waals surface area contributed by atoms with Crippen molar-refractivity contribution in [3.63, 3.8) is 0 Å². The number of carbonyl (C=O) groups is 1. The van der Waals surface area contributed by atoms with Gasteiger partial charge in [0.15, 0.2) is 5.58 Å². The van der Waals surface area contributed by atoms with Crippen LogP contribution in [0.5, 0.6) is 0 Å². The zero-order chi connectivity index (χ0) is 19.6. The van der Waals surface area contributed by atoms with Gasteiger partial charge in [0.05, 0.1) is 11.1 Å². The predicted molar refractivity (Wildman–Crippen MR) is 104 cm³/mol. The smallest absolute Gasteiger partial charge is 0.408 e. The minimum absolute atomic E-state index is 0.0490. The van der Waals surface area contributed by atoms with Gasteiger partial charge in [-0.1, -0.05) is 37.1 Å². The molecule has 1 aliphatic carbocycles. The maximum Gasteiger partial charge on any atom is 0.419 e. The number of fused-ring (bicyclic) bond motifs is 1. The third-order valence-electron chi connectivity index (χ3n) is 5.59. The quantitative estimate of drug-likeness (QED) is 0.698. The number of amides is 1. The maximum atomic E-state index is 13.3. The van der Waals surface area contributed by atoms with Crippen LogP contribution in [0.25, 0.3) is 11.1 Å². The van der Waals surface area contributed by atoms with E-state index in [2.05, 4.69) is 5.32 Å². The lowest BCUT2D eigenvalue weighted by Gasteiger charge is -2.31. The highest BCUT2D eigenvalue weighted by molar-refractivity contribution is 5.77. The molecule has 0 spiro atoms. The summed E-state index contributed by atoms with van der Waals surface area (Å²) in [5.41, 5.74) is 1.84. The summed E-state index contributed by atoms with van der Waals surface area (Å²) in [6.07, 6.45) is 4.64. The average molecular weight is 382 g/mol. The third-order valence-corrected chi connectivity index (χ3v) is 5.59. The molecular formula is C22H23FN2O3. The van der Waals surface area contributed by atoms with Crippen molar-refractivity contribution in [3.8, 4) is 0 Å². The van der Waals surface area contributed by atoms with E-state index in [1.54, 1.807) is 22.8 Å². The van der Waals surface area contributed by atoms with Gasteiger partial charge >= 0.3 is 5.76 Å². The van der Waals surface area contributed by atoms with Gasteiger partial charge in [0.1, 0.15) is 5.82 Å². The number of aryl methyl sites for hydroxylation is 1. The Morgan fingerprint density at radius 2 is 1.82 bits per heavy atom. The molecule has 1 fully saturated rings. The van der Waals surface area contributed by atoms with Crippen molar-refractivity contribution in [2.75, 3.05) is 0 Å². The molecule has 0 aliphatic heterocycles. The van der Waals surface area contributed by atoms with E-state index in [-0.39, 0.29) is 11.7 Å². The number of oxazole rings is 1. The fourth-order valence-electron chi connectivity index (χ4n) is 4.19. The second-order valence-electron chi connectivity index (χ2n) is 7.44. The highest BCUT2D eigenvalue weighted by Crippen LogP contribution is 2.38. The van der Waals surface area contributed by atoms with Gasteiger partial charge in [0, 0.05) is 13.0 Å². The van der Waals surface area contributed by atoms with Gasteiger partial charge in [-0.15, -0.1) is 0 Å². The van der Waals surface area contributed by atoms with Crippen LogP contribution in [0.15, 0.2) is 57.7 Å². The molecule has 0 radical (unpaired) electrons. The molecule has 1 N–H and O–H groups in total. The number of para-hydroxylation sites is 2. The first kappa shape index (κ1) is 18.5. The van der Waals surface area contributed by atoms with Crippen LogP contribution in [0.2, 0.25) is 0 Å². The van der Waals surface area contributed by atoms with Crippen LogP contribution in [0.3, 0.4) is 0 Å². The standard InChI is InChI=1S/C22H23FN2O3/c23-17-11-9-16(10-12-17)22(13-3-4-14-22)24-20(26)8-5-15-25-18-6-1-2-7-19(18)28-21(25)27/h1-2,6-7,9-12H,3-5,8,13-15H2,(H,24,26). The molecule has 1 saturated carbocycles. The molecule has 1 aromatic heterocycles. The molecule has 28 heavy (non-hydrogen) atoms. The fraction of sp³-hybridized carbons (Fsp3) is 0.364. The van der Waals surface area contributed by atoms with E-state index >= 15 is 0 Å². The molecule has 1 amide bonds. The van der Waals surface area contributed by atoms with Gasteiger partial charge < -0.3 is 9.73 Å². The largest absolute Gasteiger partial charge is 0.419 e. The number of hydrogen-bond donors (Lipinski definition) is 1. The minimum atomic E-state index is -0.413. The first-order valence-electron chi connectivity index (χ1n) is 9.73. The summed E-state index contributed by atoms with van der Waals surface area (Å²) in [4.78, 5) is 24.6. The number of nitrogens with zero attached hydrogens (tertiary/aromatic N) is 1. The second kappa shape index (κ2) is 7.62. The number of carbonyl (C=O) groups excluding carboxylic acids is 1. The van der Waals surface area contributed by atoms with E-state index < -0.39 is 11.3 Å². The summed E-state index contributed by atoms with van der Waals surface area (Å²) in [6.45, 7) is 0.423. The van der Waals surface area contributed by atoms with E-state index in [1.807, 2.05) is 18.2 Å². The Labute approximate surface area is 162 Å². The predicted octanol–water partition coefficient (Wildman–Crippen LogP) is 4.10. The van der Waals surface area contributed by atoms with Gasteiger partial charge in [-0.25, -0.2) is 9.18 Å². The number of halogens is 1. The Kier molecular flexibility index (Phi) is 5.03. The van der Waals surface area contributed by atoms with E-state index in [4.69, 9.17) is 4.42 Å². The summed E-state index contributed by atoms with van der Waals surface area (Å²) in [7, 11) is 0. The molecule has 0 unspecified atom stereocenters. The normalized spacial score (nSPS) is 15.8. The van der Waals surface area contributed by atoms with Crippen LogP contribution in [0.1, 0.15) is 44.1 Å². The number of nitrogens with one attached hydrogen (secondary N) is 1. The van der Waals surface area contributed by atoms with Gasteiger partial charge in [-0.2, -0.15) is 0 Å². The van der Waals surface area contributed by atoms with E-state index in [9.17, 15) is 14.0 Å². The van der Waals surface area contributed by atoms with Crippen LogP contribution < -0.4 is 11.1 Å². The van der Waals surface area contributed by atoms with Crippen molar-refractivity contribution in [1.82, 2.24) is 9.88 Å². The number of benzene rings is 2. The lowest BCUT2D eigenvalue weighted by atomic mass is 9.88. The van der Waals surface area contributed by atoms with Gasteiger partial charge in [-0.3, -0.25) is 9.36 Å². The molecule has 4 rings (SSSR count). The Balaban J connectivity index is 1.41. The van der Waals surface area contributed by atoms with Crippen molar-refractivity contribution in [2.24, 2.45) is 0 Å². The van der Waals surface area contributed by atoms with Crippen molar-refractivity contribution in [3.05, 3.63) is 70.5 Å². The van der Waals surface area contributed by atoms with E-state index in [1.165, 1.54) is 12.1 Å². The summed E-state index contributed by atoms with van der Waals surface area (Å²) < 4.78 is 20.1. The Morgan fingerprint density at radius 1 is 1.11 bits per heavy atom. The Hall–Kier alpha value is -2.89. The maximum absolute atomic E-state index is 13.3. The summed E-state index contributed by atoms with van der Waals surface area (Å²) >= 11 is 0. The molecule has 1 heterocycles. The first-order valence-corrected chi connectivity index (χ1v) is 9.73. The minimum Gasteiger partial charge on any atom is -0.408 e. The van der Waals surface area contributed by atoms with Crippen LogP contribution >= 0.6 is 0 Å². The van der Waals surface area contributed by atoms with Crippen LogP contribution in [0, 0.1) is 5.82 Å². The first-order chi connectivity index (χ1) is 13.6. The zero-order valence-electron chi connectivity index (χ0n) is 15.6. The van der Waals surface area contributed by atoms with E-state index in [0.29, 0.717) is 25.0 Å². The highest BCUT2D eigenvalue weighted by atomic mass is 19.1. The van der Waals surface area contributed by atoms with Gasteiger partial charge in [0.25, 0.3) is 0 Å². The fourth-order valence-corrected chi connectivity index (χ4v) is 4.19. The molecule has 0 bridgehead atoms. The third kappa shape index (κ3) is 3.59. The Bertz CT molecular complexity index is 1030. The van der Waals surface area contributed by atoms with Crippen molar-refractivity contribution in [2.45, 2.75) is 50.6 Å². The molecule has 3 aromatic rings. The summed E-state index contributed by atoms with van der Waals surface area (Å²) in [6, 6.07) is 13.7. The van der Waals surface area contributed by atoms with Gasteiger partial charge in [0.2, 0.25) is 5.91 Å². The molecule has 2 aromatic carbocycles. The topological polar surface area (TPSA) is 64.2 Å². The van der Waals surface area contributed by atoms with Crippen molar-refractivity contribution in [1.29, 1.82) is 0 Å². The second-order valence-corrected chi connectivity index (χ2v) is 7.44. The molecular weight excluding hydrogens is 359 g/mol. The molecule has 5 nitrogen and oxygen atoms in total. The van der Waals surface area contributed by atoms with Crippen LogP contribution in [-0.4, -0.2) is 10.5 Å². The molecule has 146 valence electrons. The highest BCUT2D eigenvalue weighted by Gasteiger charge is 2.36. The van der Waals surface area contributed by atoms with Crippen molar-refractivity contribution < 1.29 is 13.6 Å². The van der Waals surface area contributed by atoms with Crippen LogP contribution in [0.4, 0.5) is 4.39 Å². The number of aromatic nitrogens is 1. The van der Waals surface area contributed by atoms with E-state index in [0.717, 1.165) is 36.8 Å². The van der Waals surface area contributed by atoms with Crippen LogP contribution in [-0.2, 0) is 16.9 Å². The Morgan fingerprint density at radius 3 is 2.57 bits per heavy atom. The van der Waals surface area contributed by atoms with Gasteiger partial charge in [-0.05, 0) is 49.1 Å². The molecule has 0 atom stereocenters. The summed E-state index contributed by atoms with van der Waals surface area (Å²) in [5, 5.41) is 3.19. The lowest BCUT2D eigenvalue weighted by Crippen LogP contribution is -2.43. The molecule has 1 aliphatic rings.